The fraction of sp³-hybridized carbons (Fsp3) is 0.889. The number of carbonyl (C=O) groups is 1. The van der Waals surface area contributed by atoms with Gasteiger partial charge in [-0.15, -0.1) is 0 Å². The van der Waals surface area contributed by atoms with Crippen LogP contribution in [0.25, 0.3) is 0 Å². The summed E-state index contributed by atoms with van der Waals surface area (Å²) >= 11 is 0. The topological polar surface area (TPSA) is 40.4 Å². The molecule has 1 radical (unpaired) electrons. The Morgan fingerprint density at radius 3 is 1.75 bits per heavy atom. The molecule has 0 atom stereocenters. The highest BCUT2D eigenvalue weighted by Crippen LogP contribution is 2.09. The lowest BCUT2D eigenvalue weighted by molar-refractivity contribution is 0.0471. The first kappa shape index (κ1) is 11.3. The molecule has 0 saturated heterocycles. The van der Waals surface area contributed by atoms with Gasteiger partial charge >= 0.3 is 6.09 Å². The first-order valence-electron chi connectivity index (χ1n) is 4.06. The Morgan fingerprint density at radius 1 is 1.08 bits per heavy atom. The molecule has 0 aliphatic heterocycles. The lowest BCUT2D eigenvalue weighted by Crippen LogP contribution is -2.37. The van der Waals surface area contributed by atoms with Gasteiger partial charge in [0.1, 0.15) is 5.60 Å². The standard InChI is InChI=1S/C9H18NO2/c1-8(2,3)10-7(11)12-9(4,5)6/h1-6H3. The molecule has 0 rings (SSSR count). The van der Waals surface area contributed by atoms with Crippen molar-refractivity contribution in [2.75, 3.05) is 0 Å². The highest BCUT2D eigenvalue weighted by molar-refractivity contribution is 5.68. The van der Waals surface area contributed by atoms with Crippen LogP contribution in [-0.2, 0) is 4.74 Å². The average Bonchev–Trinajstić information content (AvgIpc) is 1.49. The van der Waals surface area contributed by atoms with Gasteiger partial charge in [0.25, 0.3) is 0 Å². The zero-order valence-corrected chi connectivity index (χ0v) is 8.76. The van der Waals surface area contributed by atoms with Crippen LogP contribution in [0.15, 0.2) is 0 Å². The van der Waals surface area contributed by atoms with Gasteiger partial charge in [-0.3, -0.25) is 0 Å². The molecular weight excluding hydrogens is 154 g/mol. The van der Waals surface area contributed by atoms with Crippen molar-refractivity contribution >= 4 is 6.09 Å². The van der Waals surface area contributed by atoms with E-state index in [4.69, 9.17) is 4.74 Å². The van der Waals surface area contributed by atoms with E-state index in [-0.39, 0.29) is 5.54 Å². The number of rotatable bonds is 0. The Kier molecular flexibility index (Phi) is 3.13. The molecule has 0 heterocycles. The third kappa shape index (κ3) is 7.38. The van der Waals surface area contributed by atoms with E-state index in [2.05, 4.69) is 5.32 Å². The number of amides is 1. The van der Waals surface area contributed by atoms with Crippen molar-refractivity contribution in [1.29, 1.82) is 0 Å². The number of hydrogen-bond acceptors (Lipinski definition) is 2. The van der Waals surface area contributed by atoms with Gasteiger partial charge in [-0.05, 0) is 41.5 Å². The van der Waals surface area contributed by atoms with Crippen LogP contribution < -0.4 is 5.32 Å². The lowest BCUT2D eigenvalue weighted by atomic mass is 10.1. The second kappa shape index (κ2) is 3.33. The molecule has 1 amide bonds. The molecule has 0 aromatic carbocycles. The van der Waals surface area contributed by atoms with Crippen molar-refractivity contribution in [1.82, 2.24) is 5.32 Å². The van der Waals surface area contributed by atoms with Gasteiger partial charge in [0.15, 0.2) is 0 Å². The molecule has 12 heavy (non-hydrogen) atoms. The molecule has 0 saturated carbocycles. The zero-order chi connectivity index (χ0) is 9.99. The molecule has 0 aromatic heterocycles. The molecule has 71 valence electrons. The van der Waals surface area contributed by atoms with E-state index < -0.39 is 11.7 Å². The summed E-state index contributed by atoms with van der Waals surface area (Å²) in [5.41, 5.74) is -0.811. The van der Waals surface area contributed by atoms with Crippen molar-refractivity contribution < 1.29 is 9.53 Å². The number of nitrogens with zero attached hydrogens (tertiary/aromatic N) is 1. The zero-order valence-electron chi connectivity index (χ0n) is 8.76. The molecule has 3 nitrogen and oxygen atoms in total. The van der Waals surface area contributed by atoms with E-state index >= 15 is 0 Å². The maximum absolute atomic E-state index is 11.1. The van der Waals surface area contributed by atoms with Crippen LogP contribution in [0.2, 0.25) is 0 Å². The number of hydrogen-bond donors (Lipinski definition) is 0. The summed E-state index contributed by atoms with van der Waals surface area (Å²) < 4.78 is 5.01. The normalized spacial score (nSPS) is 12.5. The predicted molar refractivity (Wildman–Crippen MR) is 48.1 cm³/mol. The minimum absolute atomic E-state index is 0.359. The Labute approximate surface area is 74.5 Å². The van der Waals surface area contributed by atoms with E-state index in [0.717, 1.165) is 0 Å². The van der Waals surface area contributed by atoms with Crippen LogP contribution >= 0.6 is 0 Å². The number of ether oxygens (including phenoxy) is 1. The molecule has 0 unspecified atom stereocenters. The molecule has 0 aliphatic carbocycles. The first-order valence-corrected chi connectivity index (χ1v) is 4.06. The maximum atomic E-state index is 11.1. The lowest BCUT2D eigenvalue weighted by Gasteiger charge is -2.22. The monoisotopic (exact) mass is 172 g/mol. The summed E-state index contributed by atoms with van der Waals surface area (Å²) in [4.78, 5) is 11.1. The highest BCUT2D eigenvalue weighted by Gasteiger charge is 2.22. The van der Waals surface area contributed by atoms with Crippen LogP contribution in [0.3, 0.4) is 0 Å². The van der Waals surface area contributed by atoms with Crippen molar-refractivity contribution in [3.8, 4) is 0 Å². The smallest absolute Gasteiger partial charge is 0.430 e. The quantitative estimate of drug-likeness (QED) is 0.562. The van der Waals surface area contributed by atoms with Gasteiger partial charge in [0.2, 0.25) is 0 Å². The summed E-state index contributed by atoms with van der Waals surface area (Å²) in [7, 11) is 0. The van der Waals surface area contributed by atoms with E-state index in [1.807, 2.05) is 41.5 Å². The van der Waals surface area contributed by atoms with Gasteiger partial charge < -0.3 is 4.74 Å². The van der Waals surface area contributed by atoms with E-state index in [0.29, 0.717) is 0 Å². The second-order valence-corrected chi connectivity index (χ2v) is 4.76. The second-order valence-electron chi connectivity index (χ2n) is 4.76. The van der Waals surface area contributed by atoms with E-state index in [1.54, 1.807) is 0 Å². The highest BCUT2D eigenvalue weighted by atomic mass is 16.6. The fourth-order valence-corrected chi connectivity index (χ4v) is 0.559. The van der Waals surface area contributed by atoms with Gasteiger partial charge in [0.05, 0.1) is 5.54 Å². The minimum atomic E-state index is -0.491. The Morgan fingerprint density at radius 2 is 1.50 bits per heavy atom. The molecule has 0 N–H and O–H groups in total. The van der Waals surface area contributed by atoms with Crippen LogP contribution in [0, 0.1) is 0 Å². The predicted octanol–water partition coefficient (Wildman–Crippen LogP) is 2.32. The van der Waals surface area contributed by atoms with Crippen molar-refractivity contribution in [2.24, 2.45) is 0 Å². The van der Waals surface area contributed by atoms with Crippen molar-refractivity contribution in [3.63, 3.8) is 0 Å². The van der Waals surface area contributed by atoms with Crippen LogP contribution in [0.5, 0.6) is 0 Å². The van der Waals surface area contributed by atoms with Crippen LogP contribution in [-0.4, -0.2) is 17.2 Å². The van der Waals surface area contributed by atoms with Crippen LogP contribution in [0.4, 0.5) is 4.79 Å². The summed E-state index contributed by atoms with van der Waals surface area (Å²) in [6.07, 6.45) is -0.491. The van der Waals surface area contributed by atoms with Gasteiger partial charge in [-0.2, -0.15) is 0 Å². The van der Waals surface area contributed by atoms with Crippen molar-refractivity contribution in [3.05, 3.63) is 0 Å². The Hall–Kier alpha value is -0.730. The SMILES string of the molecule is CC(C)(C)[N]C(=O)OC(C)(C)C. The van der Waals surface area contributed by atoms with Gasteiger partial charge in [0, 0.05) is 0 Å². The first-order chi connectivity index (χ1) is 5.10. The van der Waals surface area contributed by atoms with E-state index in [9.17, 15) is 4.79 Å². The summed E-state index contributed by atoms with van der Waals surface area (Å²) in [5.74, 6) is 0. The molecule has 0 aliphatic rings. The summed E-state index contributed by atoms with van der Waals surface area (Å²) in [6, 6.07) is 0. The Bertz CT molecular complexity index is 144. The third-order valence-corrected chi connectivity index (χ3v) is 0.820. The van der Waals surface area contributed by atoms with Gasteiger partial charge in [-0.1, -0.05) is 0 Å². The molecule has 0 bridgehead atoms. The Balaban J connectivity index is 3.92. The van der Waals surface area contributed by atoms with Gasteiger partial charge in [-0.25, -0.2) is 10.1 Å². The summed E-state index contributed by atoms with van der Waals surface area (Å²) in [5, 5.41) is 3.83. The molecule has 0 aromatic rings. The molecule has 3 heteroatoms. The average molecular weight is 172 g/mol. The minimum Gasteiger partial charge on any atom is -0.442 e. The van der Waals surface area contributed by atoms with Crippen LogP contribution in [0.1, 0.15) is 41.5 Å². The third-order valence-electron chi connectivity index (χ3n) is 0.820. The van der Waals surface area contributed by atoms with E-state index in [1.165, 1.54) is 0 Å². The molecule has 0 spiro atoms. The molecule has 0 fully saturated rings. The number of carbonyl (C=O) groups excluding carboxylic acids is 1. The van der Waals surface area contributed by atoms with Crippen molar-refractivity contribution in [2.45, 2.75) is 52.7 Å². The largest absolute Gasteiger partial charge is 0.442 e. The fourth-order valence-electron chi connectivity index (χ4n) is 0.559. The molecular formula is C9H18NO2. The summed E-state index contributed by atoms with van der Waals surface area (Å²) in [6.45, 7) is 11.0. The maximum Gasteiger partial charge on any atom is 0.430 e.